The Bertz CT molecular complexity index is 308. The highest BCUT2D eigenvalue weighted by Crippen LogP contribution is 2.15. The smallest absolute Gasteiger partial charge is 0.307 e. The molecule has 0 saturated carbocycles. The molecule has 4 heteroatoms. The zero-order chi connectivity index (χ0) is 11.4. The molecule has 2 unspecified atom stereocenters. The summed E-state index contributed by atoms with van der Waals surface area (Å²) in [6.45, 7) is 5.50. The third kappa shape index (κ3) is 3.09. The molecular formula is C11H17NO3. The van der Waals surface area contributed by atoms with Crippen LogP contribution in [0.5, 0.6) is 0 Å². The Morgan fingerprint density at radius 3 is 2.60 bits per heavy atom. The Morgan fingerprint density at radius 1 is 1.47 bits per heavy atom. The summed E-state index contributed by atoms with van der Waals surface area (Å²) in [5.41, 5.74) is 0. The minimum Gasteiger partial charge on any atom is -0.481 e. The molecular weight excluding hydrogens is 194 g/mol. The van der Waals surface area contributed by atoms with E-state index >= 15 is 0 Å². The largest absolute Gasteiger partial charge is 0.481 e. The quantitative estimate of drug-likeness (QED) is 0.782. The standard InChI is InChI=1S/C11H17NO3/c1-7(11(13)14)8(2)12-9(3)10-5-4-6-15-10/h4-9,12H,1-3H3,(H,13,14)/t7?,8?,9-/m1/s1. The fraction of sp³-hybridized carbons (Fsp3) is 0.545. The van der Waals surface area contributed by atoms with Crippen LogP contribution in [0, 0.1) is 5.92 Å². The van der Waals surface area contributed by atoms with Gasteiger partial charge in [-0.25, -0.2) is 0 Å². The fourth-order valence-electron chi connectivity index (χ4n) is 1.37. The summed E-state index contributed by atoms with van der Waals surface area (Å²) in [7, 11) is 0. The van der Waals surface area contributed by atoms with Crippen LogP contribution < -0.4 is 5.32 Å². The van der Waals surface area contributed by atoms with Crippen molar-refractivity contribution in [3.63, 3.8) is 0 Å². The molecule has 1 aromatic rings. The Hall–Kier alpha value is -1.29. The molecule has 0 spiro atoms. The van der Waals surface area contributed by atoms with Crippen molar-refractivity contribution in [2.24, 2.45) is 5.92 Å². The maximum atomic E-state index is 10.7. The van der Waals surface area contributed by atoms with E-state index in [1.54, 1.807) is 13.2 Å². The Morgan fingerprint density at radius 2 is 2.13 bits per heavy atom. The van der Waals surface area contributed by atoms with Gasteiger partial charge in [-0.05, 0) is 26.0 Å². The third-order valence-corrected chi connectivity index (χ3v) is 2.62. The van der Waals surface area contributed by atoms with Crippen LogP contribution in [0.25, 0.3) is 0 Å². The van der Waals surface area contributed by atoms with Gasteiger partial charge in [0.25, 0.3) is 0 Å². The first kappa shape index (κ1) is 11.8. The van der Waals surface area contributed by atoms with Crippen LogP contribution in [-0.4, -0.2) is 17.1 Å². The number of nitrogens with one attached hydrogen (secondary N) is 1. The molecule has 0 bridgehead atoms. The van der Waals surface area contributed by atoms with Crippen molar-refractivity contribution < 1.29 is 14.3 Å². The maximum Gasteiger partial charge on any atom is 0.307 e. The maximum absolute atomic E-state index is 10.7. The highest BCUT2D eigenvalue weighted by atomic mass is 16.4. The first-order valence-corrected chi connectivity index (χ1v) is 5.04. The minimum atomic E-state index is -0.790. The van der Waals surface area contributed by atoms with Gasteiger partial charge in [0, 0.05) is 6.04 Å². The van der Waals surface area contributed by atoms with Gasteiger partial charge < -0.3 is 14.8 Å². The molecule has 84 valence electrons. The molecule has 3 atom stereocenters. The normalized spacial score (nSPS) is 17.0. The lowest BCUT2D eigenvalue weighted by molar-refractivity contribution is -0.142. The number of hydrogen-bond acceptors (Lipinski definition) is 3. The van der Waals surface area contributed by atoms with E-state index in [9.17, 15) is 4.79 Å². The molecule has 0 amide bonds. The SMILES string of the molecule is CC(N[C@H](C)c1ccco1)C(C)C(=O)O. The van der Waals surface area contributed by atoms with Crippen molar-refractivity contribution in [2.75, 3.05) is 0 Å². The number of carboxylic acids is 1. The van der Waals surface area contributed by atoms with Crippen LogP contribution in [0.3, 0.4) is 0 Å². The minimum absolute atomic E-state index is 0.0248. The summed E-state index contributed by atoms with van der Waals surface area (Å²) in [6, 6.07) is 3.62. The molecule has 4 nitrogen and oxygen atoms in total. The van der Waals surface area contributed by atoms with Crippen molar-refractivity contribution in [3.05, 3.63) is 24.2 Å². The number of rotatable bonds is 5. The summed E-state index contributed by atoms with van der Waals surface area (Å²) in [5.74, 6) is -0.386. The molecule has 0 aromatic carbocycles. The second kappa shape index (κ2) is 4.98. The van der Waals surface area contributed by atoms with Gasteiger partial charge in [0.05, 0.1) is 18.2 Å². The van der Waals surface area contributed by atoms with Crippen LogP contribution in [0.2, 0.25) is 0 Å². The van der Waals surface area contributed by atoms with Gasteiger partial charge in [-0.15, -0.1) is 0 Å². The average molecular weight is 211 g/mol. The molecule has 15 heavy (non-hydrogen) atoms. The molecule has 1 aromatic heterocycles. The van der Waals surface area contributed by atoms with E-state index in [4.69, 9.17) is 9.52 Å². The third-order valence-electron chi connectivity index (χ3n) is 2.62. The summed E-state index contributed by atoms with van der Waals surface area (Å²) < 4.78 is 5.23. The average Bonchev–Trinajstić information content (AvgIpc) is 2.68. The van der Waals surface area contributed by atoms with Crippen LogP contribution >= 0.6 is 0 Å². The van der Waals surface area contributed by atoms with Gasteiger partial charge in [0.15, 0.2) is 0 Å². The zero-order valence-electron chi connectivity index (χ0n) is 9.23. The monoisotopic (exact) mass is 211 g/mol. The predicted molar refractivity (Wildman–Crippen MR) is 56.5 cm³/mol. The number of furan rings is 1. The van der Waals surface area contributed by atoms with E-state index in [0.29, 0.717) is 0 Å². The van der Waals surface area contributed by atoms with Crippen molar-refractivity contribution in [2.45, 2.75) is 32.9 Å². The second-order valence-electron chi connectivity index (χ2n) is 3.82. The van der Waals surface area contributed by atoms with E-state index in [0.717, 1.165) is 5.76 Å². The van der Waals surface area contributed by atoms with Crippen molar-refractivity contribution >= 4 is 5.97 Å². The number of aliphatic carboxylic acids is 1. The molecule has 0 aliphatic carbocycles. The van der Waals surface area contributed by atoms with E-state index in [2.05, 4.69) is 5.32 Å². The highest BCUT2D eigenvalue weighted by molar-refractivity contribution is 5.70. The molecule has 1 rings (SSSR count). The number of carbonyl (C=O) groups is 1. The summed E-state index contributed by atoms with van der Waals surface area (Å²) >= 11 is 0. The van der Waals surface area contributed by atoms with Gasteiger partial charge in [0.1, 0.15) is 5.76 Å². The number of hydrogen-bond donors (Lipinski definition) is 2. The van der Waals surface area contributed by atoms with E-state index in [1.807, 2.05) is 26.0 Å². The molecule has 0 fully saturated rings. The fourth-order valence-corrected chi connectivity index (χ4v) is 1.37. The van der Waals surface area contributed by atoms with Gasteiger partial charge in [-0.2, -0.15) is 0 Å². The van der Waals surface area contributed by atoms with Gasteiger partial charge in [0.2, 0.25) is 0 Å². The van der Waals surface area contributed by atoms with Crippen LogP contribution in [0.15, 0.2) is 22.8 Å². The lowest BCUT2D eigenvalue weighted by atomic mass is 10.0. The topological polar surface area (TPSA) is 62.5 Å². The van der Waals surface area contributed by atoms with Crippen LogP contribution in [0.1, 0.15) is 32.6 Å². The van der Waals surface area contributed by atoms with Crippen molar-refractivity contribution in [1.29, 1.82) is 0 Å². The zero-order valence-corrected chi connectivity index (χ0v) is 9.23. The van der Waals surface area contributed by atoms with E-state index in [1.165, 1.54) is 0 Å². The molecule has 0 saturated heterocycles. The van der Waals surface area contributed by atoms with E-state index < -0.39 is 11.9 Å². The second-order valence-corrected chi connectivity index (χ2v) is 3.82. The predicted octanol–water partition coefficient (Wildman–Crippen LogP) is 2.04. The molecule has 1 heterocycles. The molecule has 0 aliphatic rings. The Labute approximate surface area is 89.3 Å². The van der Waals surface area contributed by atoms with Crippen LogP contribution in [0.4, 0.5) is 0 Å². The van der Waals surface area contributed by atoms with Crippen molar-refractivity contribution in [3.8, 4) is 0 Å². The van der Waals surface area contributed by atoms with Gasteiger partial charge in [-0.1, -0.05) is 6.92 Å². The Kier molecular flexibility index (Phi) is 3.91. The molecule has 0 radical (unpaired) electrons. The lowest BCUT2D eigenvalue weighted by Gasteiger charge is -2.21. The highest BCUT2D eigenvalue weighted by Gasteiger charge is 2.21. The van der Waals surface area contributed by atoms with Crippen molar-refractivity contribution in [1.82, 2.24) is 5.32 Å². The van der Waals surface area contributed by atoms with Gasteiger partial charge >= 0.3 is 5.97 Å². The summed E-state index contributed by atoms with van der Waals surface area (Å²) in [4.78, 5) is 10.7. The summed E-state index contributed by atoms with van der Waals surface area (Å²) in [5, 5.41) is 12.0. The number of carboxylic acid groups (broad SMARTS) is 1. The Balaban J connectivity index is 2.51. The summed E-state index contributed by atoms with van der Waals surface area (Å²) in [6.07, 6.45) is 1.61. The van der Waals surface area contributed by atoms with Gasteiger partial charge in [-0.3, -0.25) is 4.79 Å². The van der Waals surface area contributed by atoms with E-state index in [-0.39, 0.29) is 12.1 Å². The van der Waals surface area contributed by atoms with Crippen LogP contribution in [-0.2, 0) is 4.79 Å². The lowest BCUT2D eigenvalue weighted by Crippen LogP contribution is -2.37. The molecule has 0 aliphatic heterocycles. The molecule has 2 N–H and O–H groups in total. The first-order chi connectivity index (χ1) is 7.02. The first-order valence-electron chi connectivity index (χ1n) is 5.04.